The Kier molecular flexibility index (Phi) is 3.72. The second-order valence-corrected chi connectivity index (χ2v) is 4.44. The normalized spacial score (nSPS) is 9.94. The SMILES string of the molecule is CN(Cc1ccsc1)C(=O)Nc1cccnc1. The second kappa shape index (κ2) is 5.45. The Balaban J connectivity index is 1.92. The Hall–Kier alpha value is -1.88. The zero-order valence-corrected chi connectivity index (χ0v) is 10.3. The Morgan fingerprint density at radius 3 is 3.06 bits per heavy atom. The van der Waals surface area contributed by atoms with E-state index in [1.807, 2.05) is 22.9 Å². The number of hydrogen-bond donors (Lipinski definition) is 1. The molecule has 0 radical (unpaired) electrons. The Morgan fingerprint density at radius 1 is 1.53 bits per heavy atom. The van der Waals surface area contributed by atoms with Crippen LogP contribution in [-0.2, 0) is 6.54 Å². The van der Waals surface area contributed by atoms with Crippen LogP contribution in [0.4, 0.5) is 10.5 Å². The van der Waals surface area contributed by atoms with Gasteiger partial charge in [0.05, 0.1) is 11.9 Å². The lowest BCUT2D eigenvalue weighted by Crippen LogP contribution is -2.30. The van der Waals surface area contributed by atoms with E-state index in [2.05, 4.69) is 10.3 Å². The van der Waals surface area contributed by atoms with Gasteiger partial charge in [-0.2, -0.15) is 11.3 Å². The number of urea groups is 1. The van der Waals surface area contributed by atoms with Crippen molar-refractivity contribution in [1.29, 1.82) is 0 Å². The molecule has 2 amide bonds. The van der Waals surface area contributed by atoms with Crippen molar-refractivity contribution in [2.75, 3.05) is 12.4 Å². The molecule has 2 aromatic rings. The van der Waals surface area contributed by atoms with Crippen LogP contribution in [0.3, 0.4) is 0 Å². The first-order chi connectivity index (χ1) is 8.25. The van der Waals surface area contributed by atoms with Gasteiger partial charge >= 0.3 is 6.03 Å². The van der Waals surface area contributed by atoms with Crippen LogP contribution < -0.4 is 5.32 Å². The summed E-state index contributed by atoms with van der Waals surface area (Å²) in [4.78, 5) is 17.4. The third-order valence-corrected chi connectivity index (χ3v) is 2.99. The number of carbonyl (C=O) groups is 1. The minimum atomic E-state index is -0.135. The molecule has 0 aliphatic heterocycles. The van der Waals surface area contributed by atoms with E-state index < -0.39 is 0 Å². The Morgan fingerprint density at radius 2 is 2.41 bits per heavy atom. The molecule has 0 aliphatic rings. The molecule has 88 valence electrons. The molecule has 0 bridgehead atoms. The van der Waals surface area contributed by atoms with Gasteiger partial charge < -0.3 is 10.2 Å². The summed E-state index contributed by atoms with van der Waals surface area (Å²) in [5.74, 6) is 0. The van der Waals surface area contributed by atoms with Crippen molar-refractivity contribution in [3.8, 4) is 0 Å². The van der Waals surface area contributed by atoms with E-state index in [9.17, 15) is 4.79 Å². The molecule has 0 saturated heterocycles. The van der Waals surface area contributed by atoms with Gasteiger partial charge in [-0.25, -0.2) is 4.79 Å². The van der Waals surface area contributed by atoms with Gasteiger partial charge in [0.15, 0.2) is 0 Å². The molecular weight excluding hydrogens is 234 g/mol. The third kappa shape index (κ3) is 3.29. The van der Waals surface area contributed by atoms with Gasteiger partial charge in [-0.3, -0.25) is 4.98 Å². The van der Waals surface area contributed by atoms with Crippen molar-refractivity contribution in [1.82, 2.24) is 9.88 Å². The van der Waals surface area contributed by atoms with Gasteiger partial charge in [-0.15, -0.1) is 0 Å². The topological polar surface area (TPSA) is 45.2 Å². The highest BCUT2D eigenvalue weighted by atomic mass is 32.1. The molecule has 4 nitrogen and oxygen atoms in total. The maximum atomic E-state index is 11.8. The lowest BCUT2D eigenvalue weighted by molar-refractivity contribution is 0.221. The Bertz CT molecular complexity index is 470. The van der Waals surface area contributed by atoms with Crippen LogP contribution in [0.15, 0.2) is 41.4 Å². The van der Waals surface area contributed by atoms with Crippen LogP contribution in [0.2, 0.25) is 0 Å². The zero-order valence-electron chi connectivity index (χ0n) is 9.46. The number of aromatic nitrogens is 1. The first kappa shape index (κ1) is 11.6. The standard InChI is InChI=1S/C12H13N3OS/c1-15(8-10-4-6-17-9-10)12(16)14-11-3-2-5-13-7-11/h2-7,9H,8H2,1H3,(H,14,16). The van der Waals surface area contributed by atoms with Gasteiger partial charge in [0, 0.05) is 19.8 Å². The van der Waals surface area contributed by atoms with E-state index in [4.69, 9.17) is 0 Å². The van der Waals surface area contributed by atoms with Crippen molar-refractivity contribution in [3.05, 3.63) is 46.9 Å². The number of anilines is 1. The highest BCUT2D eigenvalue weighted by molar-refractivity contribution is 7.07. The molecule has 0 atom stereocenters. The number of carbonyl (C=O) groups excluding carboxylic acids is 1. The average molecular weight is 247 g/mol. The fourth-order valence-electron chi connectivity index (χ4n) is 1.38. The number of amides is 2. The molecule has 17 heavy (non-hydrogen) atoms. The molecular formula is C12H13N3OS. The molecule has 2 heterocycles. The lowest BCUT2D eigenvalue weighted by atomic mass is 10.3. The lowest BCUT2D eigenvalue weighted by Gasteiger charge is -2.17. The predicted molar refractivity (Wildman–Crippen MR) is 69.0 cm³/mol. The molecule has 1 N–H and O–H groups in total. The summed E-state index contributed by atoms with van der Waals surface area (Å²) in [6, 6.07) is 5.47. The van der Waals surface area contributed by atoms with E-state index in [1.165, 1.54) is 0 Å². The summed E-state index contributed by atoms with van der Waals surface area (Å²) in [5, 5.41) is 6.82. The van der Waals surface area contributed by atoms with Crippen molar-refractivity contribution >= 4 is 23.1 Å². The van der Waals surface area contributed by atoms with Gasteiger partial charge in [0.2, 0.25) is 0 Å². The summed E-state index contributed by atoms with van der Waals surface area (Å²) in [5.41, 5.74) is 1.84. The maximum Gasteiger partial charge on any atom is 0.321 e. The van der Waals surface area contributed by atoms with Crippen LogP contribution in [0.1, 0.15) is 5.56 Å². The molecule has 2 aromatic heterocycles. The zero-order chi connectivity index (χ0) is 12.1. The molecule has 0 aliphatic carbocycles. The maximum absolute atomic E-state index is 11.8. The molecule has 0 aromatic carbocycles. The van der Waals surface area contributed by atoms with E-state index in [0.717, 1.165) is 5.56 Å². The molecule has 0 saturated carbocycles. The molecule has 2 rings (SSSR count). The number of rotatable bonds is 3. The summed E-state index contributed by atoms with van der Waals surface area (Å²) in [7, 11) is 1.77. The van der Waals surface area contributed by atoms with Crippen molar-refractivity contribution in [2.45, 2.75) is 6.54 Å². The fraction of sp³-hybridized carbons (Fsp3) is 0.167. The predicted octanol–water partition coefficient (Wildman–Crippen LogP) is 2.81. The second-order valence-electron chi connectivity index (χ2n) is 3.66. The van der Waals surface area contributed by atoms with E-state index in [0.29, 0.717) is 12.2 Å². The summed E-state index contributed by atoms with van der Waals surface area (Å²) in [6.07, 6.45) is 3.29. The van der Waals surface area contributed by atoms with Gasteiger partial charge in [0.25, 0.3) is 0 Å². The number of hydrogen-bond acceptors (Lipinski definition) is 3. The summed E-state index contributed by atoms with van der Waals surface area (Å²) < 4.78 is 0. The van der Waals surface area contributed by atoms with Gasteiger partial charge in [-0.1, -0.05) is 0 Å². The monoisotopic (exact) mass is 247 g/mol. The Labute approximate surface area is 104 Å². The number of nitrogens with one attached hydrogen (secondary N) is 1. The first-order valence-corrected chi connectivity index (χ1v) is 6.13. The first-order valence-electron chi connectivity index (χ1n) is 5.19. The van der Waals surface area contributed by atoms with Crippen LogP contribution in [0.25, 0.3) is 0 Å². The fourth-order valence-corrected chi connectivity index (χ4v) is 2.04. The average Bonchev–Trinajstić information content (AvgIpc) is 2.83. The molecule has 0 spiro atoms. The van der Waals surface area contributed by atoms with Crippen molar-refractivity contribution < 1.29 is 4.79 Å². The van der Waals surface area contributed by atoms with Gasteiger partial charge in [0.1, 0.15) is 0 Å². The summed E-state index contributed by atoms with van der Waals surface area (Å²) in [6.45, 7) is 0.607. The van der Waals surface area contributed by atoms with Crippen LogP contribution in [0, 0.1) is 0 Å². The minimum Gasteiger partial charge on any atom is -0.323 e. The van der Waals surface area contributed by atoms with E-state index >= 15 is 0 Å². The van der Waals surface area contributed by atoms with Gasteiger partial charge in [-0.05, 0) is 34.5 Å². The molecule has 0 unspecified atom stereocenters. The van der Waals surface area contributed by atoms with Crippen molar-refractivity contribution in [2.24, 2.45) is 0 Å². The van der Waals surface area contributed by atoms with Crippen LogP contribution in [-0.4, -0.2) is 23.0 Å². The van der Waals surface area contributed by atoms with Crippen LogP contribution in [0.5, 0.6) is 0 Å². The number of thiophene rings is 1. The quantitative estimate of drug-likeness (QED) is 0.906. The molecule has 5 heteroatoms. The number of pyridine rings is 1. The highest BCUT2D eigenvalue weighted by Gasteiger charge is 2.09. The van der Waals surface area contributed by atoms with Crippen LogP contribution >= 0.6 is 11.3 Å². The van der Waals surface area contributed by atoms with Crippen molar-refractivity contribution in [3.63, 3.8) is 0 Å². The minimum absolute atomic E-state index is 0.135. The summed E-state index contributed by atoms with van der Waals surface area (Å²) >= 11 is 1.63. The third-order valence-electron chi connectivity index (χ3n) is 2.26. The smallest absolute Gasteiger partial charge is 0.321 e. The van der Waals surface area contributed by atoms with E-state index in [-0.39, 0.29) is 6.03 Å². The molecule has 0 fully saturated rings. The number of nitrogens with zero attached hydrogens (tertiary/aromatic N) is 2. The highest BCUT2D eigenvalue weighted by Crippen LogP contribution is 2.10. The van der Waals surface area contributed by atoms with E-state index in [1.54, 1.807) is 41.7 Å². The largest absolute Gasteiger partial charge is 0.323 e.